The second kappa shape index (κ2) is 6.09. The summed E-state index contributed by atoms with van der Waals surface area (Å²) in [6, 6.07) is 1.81. The Bertz CT molecular complexity index is 939. The minimum Gasteiger partial charge on any atom is -0.383 e. The molecule has 0 aliphatic heterocycles. The number of aryl methyl sites for hydroxylation is 2. The fourth-order valence-corrected chi connectivity index (χ4v) is 3.19. The van der Waals surface area contributed by atoms with Crippen molar-refractivity contribution in [1.29, 1.82) is 0 Å². The zero-order valence-electron chi connectivity index (χ0n) is 13.1. The van der Waals surface area contributed by atoms with E-state index in [-0.39, 0.29) is 18.0 Å². The molecule has 3 aromatic heterocycles. The van der Waals surface area contributed by atoms with Gasteiger partial charge in [0.1, 0.15) is 17.1 Å². The third kappa shape index (κ3) is 2.84. The molecule has 0 unspecified atom stereocenters. The molecule has 3 heterocycles. The zero-order chi connectivity index (χ0) is 16.6. The third-order valence-corrected chi connectivity index (χ3v) is 4.31. The van der Waals surface area contributed by atoms with E-state index in [1.54, 1.807) is 11.7 Å². The van der Waals surface area contributed by atoms with Crippen LogP contribution in [-0.4, -0.2) is 45.3 Å². The number of carbonyl (C=O) groups is 1. The molecular weight excluding hydrogens is 318 g/mol. The molecular formula is C14H17N5O3S. The number of hydrogen-bond donors (Lipinski definition) is 1. The number of fused-ring (bicyclic) bond motifs is 2. The smallest absolute Gasteiger partial charge is 0.299 e. The maximum absolute atomic E-state index is 12.7. The van der Waals surface area contributed by atoms with Crippen LogP contribution in [0.5, 0.6) is 0 Å². The van der Waals surface area contributed by atoms with Crippen molar-refractivity contribution in [2.24, 2.45) is 0 Å². The van der Waals surface area contributed by atoms with Crippen LogP contribution in [0.4, 0.5) is 0 Å². The van der Waals surface area contributed by atoms with Crippen molar-refractivity contribution < 1.29 is 9.53 Å². The van der Waals surface area contributed by atoms with E-state index < -0.39 is 0 Å². The molecule has 0 aliphatic rings. The van der Waals surface area contributed by atoms with Crippen LogP contribution in [0.1, 0.15) is 10.7 Å². The molecule has 3 rings (SSSR count). The van der Waals surface area contributed by atoms with Crippen molar-refractivity contribution in [3.05, 3.63) is 27.1 Å². The second-order valence-electron chi connectivity index (χ2n) is 5.18. The van der Waals surface area contributed by atoms with Gasteiger partial charge < -0.3 is 14.6 Å². The summed E-state index contributed by atoms with van der Waals surface area (Å²) in [5.74, 6) is -0.179. The molecule has 8 nitrogen and oxygen atoms in total. The maximum Gasteiger partial charge on any atom is 0.299 e. The monoisotopic (exact) mass is 335 g/mol. The number of nitrogens with zero attached hydrogens (tertiary/aromatic N) is 4. The Morgan fingerprint density at radius 3 is 2.96 bits per heavy atom. The Balaban J connectivity index is 2.03. The molecule has 23 heavy (non-hydrogen) atoms. The summed E-state index contributed by atoms with van der Waals surface area (Å²) in [5, 5.41) is 7.70. The molecule has 0 saturated carbocycles. The molecule has 0 saturated heterocycles. The number of nitrogens with one attached hydrogen (secondary N) is 1. The number of aromatic nitrogens is 4. The highest BCUT2D eigenvalue weighted by Gasteiger charge is 2.17. The van der Waals surface area contributed by atoms with E-state index in [4.69, 9.17) is 4.74 Å². The van der Waals surface area contributed by atoms with Crippen molar-refractivity contribution in [3.63, 3.8) is 0 Å². The van der Waals surface area contributed by atoms with Crippen LogP contribution in [0.25, 0.3) is 16.0 Å². The van der Waals surface area contributed by atoms with Gasteiger partial charge in [0.05, 0.1) is 12.1 Å². The van der Waals surface area contributed by atoms with Crippen LogP contribution in [0, 0.1) is 13.8 Å². The molecule has 0 spiro atoms. The Morgan fingerprint density at radius 2 is 2.22 bits per heavy atom. The SMILES string of the molecule is COCCNC(=O)Cn1c(C)cc2nc3sc(C)nn3c(=O)c21. The van der Waals surface area contributed by atoms with Crippen LogP contribution in [0.3, 0.4) is 0 Å². The minimum absolute atomic E-state index is 0.0607. The van der Waals surface area contributed by atoms with E-state index in [1.165, 1.54) is 15.9 Å². The Labute approximate surface area is 135 Å². The van der Waals surface area contributed by atoms with E-state index in [2.05, 4.69) is 15.4 Å². The van der Waals surface area contributed by atoms with Gasteiger partial charge in [0.15, 0.2) is 0 Å². The fourth-order valence-electron chi connectivity index (χ4n) is 2.45. The van der Waals surface area contributed by atoms with Crippen molar-refractivity contribution in [3.8, 4) is 0 Å². The number of ether oxygens (including phenoxy) is 1. The largest absolute Gasteiger partial charge is 0.383 e. The third-order valence-electron chi connectivity index (χ3n) is 3.49. The molecule has 3 aromatic rings. The highest BCUT2D eigenvalue weighted by molar-refractivity contribution is 7.16. The topological polar surface area (TPSA) is 90.5 Å². The van der Waals surface area contributed by atoms with Gasteiger partial charge in [-0.2, -0.15) is 9.61 Å². The van der Waals surface area contributed by atoms with E-state index >= 15 is 0 Å². The van der Waals surface area contributed by atoms with Gasteiger partial charge in [-0.1, -0.05) is 11.3 Å². The number of methoxy groups -OCH3 is 1. The van der Waals surface area contributed by atoms with Gasteiger partial charge in [-0.15, -0.1) is 0 Å². The molecule has 1 N–H and O–H groups in total. The quantitative estimate of drug-likeness (QED) is 0.685. The Hall–Kier alpha value is -2.26. The highest BCUT2D eigenvalue weighted by atomic mass is 32.1. The first-order chi connectivity index (χ1) is 11.0. The first-order valence-corrected chi connectivity index (χ1v) is 7.95. The molecule has 0 aliphatic carbocycles. The van der Waals surface area contributed by atoms with E-state index in [1.807, 2.05) is 19.9 Å². The summed E-state index contributed by atoms with van der Waals surface area (Å²) in [6.45, 7) is 4.61. The molecule has 0 radical (unpaired) electrons. The highest BCUT2D eigenvalue weighted by Crippen LogP contribution is 2.18. The normalized spacial score (nSPS) is 11.4. The molecule has 1 amide bonds. The molecule has 122 valence electrons. The van der Waals surface area contributed by atoms with Crippen LogP contribution < -0.4 is 10.9 Å². The zero-order valence-corrected chi connectivity index (χ0v) is 13.9. The number of hydrogen-bond acceptors (Lipinski definition) is 6. The molecule has 0 bridgehead atoms. The lowest BCUT2D eigenvalue weighted by Gasteiger charge is -2.08. The summed E-state index contributed by atoms with van der Waals surface area (Å²) in [6.07, 6.45) is 0. The van der Waals surface area contributed by atoms with E-state index in [0.29, 0.717) is 29.1 Å². The number of rotatable bonds is 5. The predicted molar refractivity (Wildman–Crippen MR) is 87.0 cm³/mol. The number of carbonyl (C=O) groups excluding carboxylic acids is 1. The summed E-state index contributed by atoms with van der Waals surface area (Å²) in [4.78, 5) is 29.7. The van der Waals surface area contributed by atoms with Crippen molar-refractivity contribution in [2.45, 2.75) is 20.4 Å². The molecule has 0 fully saturated rings. The Kier molecular flexibility index (Phi) is 4.14. The van der Waals surface area contributed by atoms with Crippen molar-refractivity contribution in [2.75, 3.05) is 20.3 Å². The van der Waals surface area contributed by atoms with Crippen LogP contribution in [0.2, 0.25) is 0 Å². The average molecular weight is 335 g/mol. The molecule has 0 atom stereocenters. The molecule has 9 heteroatoms. The summed E-state index contributed by atoms with van der Waals surface area (Å²) >= 11 is 1.36. The van der Waals surface area contributed by atoms with Crippen LogP contribution in [-0.2, 0) is 16.1 Å². The fraction of sp³-hybridized carbons (Fsp3) is 0.429. The lowest BCUT2D eigenvalue weighted by Crippen LogP contribution is -2.31. The standard InChI is InChI=1S/C14H17N5O3S/c1-8-6-10-12(18(8)7-11(20)15-4-5-22-3)13(21)19-14(16-10)23-9(2)17-19/h6H,4-5,7H2,1-3H3,(H,15,20). The summed E-state index contributed by atoms with van der Waals surface area (Å²) in [7, 11) is 1.57. The van der Waals surface area contributed by atoms with Crippen LogP contribution in [0.15, 0.2) is 10.9 Å². The van der Waals surface area contributed by atoms with E-state index in [0.717, 1.165) is 10.7 Å². The lowest BCUT2D eigenvalue weighted by atomic mass is 10.4. The van der Waals surface area contributed by atoms with Gasteiger partial charge in [0.2, 0.25) is 10.9 Å². The van der Waals surface area contributed by atoms with Gasteiger partial charge in [0, 0.05) is 19.3 Å². The maximum atomic E-state index is 12.7. The van der Waals surface area contributed by atoms with Crippen molar-refractivity contribution >= 4 is 33.2 Å². The average Bonchev–Trinajstić information content (AvgIpc) is 3.00. The van der Waals surface area contributed by atoms with Gasteiger partial charge >= 0.3 is 0 Å². The predicted octanol–water partition coefficient (Wildman–Crippen LogP) is 0.485. The first-order valence-electron chi connectivity index (χ1n) is 7.13. The van der Waals surface area contributed by atoms with E-state index in [9.17, 15) is 9.59 Å². The minimum atomic E-state index is -0.257. The van der Waals surface area contributed by atoms with Gasteiger partial charge in [-0.25, -0.2) is 4.98 Å². The van der Waals surface area contributed by atoms with Gasteiger partial charge in [-0.05, 0) is 19.9 Å². The molecule has 0 aromatic carbocycles. The number of amides is 1. The van der Waals surface area contributed by atoms with Crippen LogP contribution >= 0.6 is 11.3 Å². The summed E-state index contributed by atoms with van der Waals surface area (Å²) in [5.41, 5.74) is 1.53. The second-order valence-corrected chi connectivity index (χ2v) is 6.34. The summed E-state index contributed by atoms with van der Waals surface area (Å²) < 4.78 is 7.87. The lowest BCUT2D eigenvalue weighted by molar-refractivity contribution is -0.121. The Morgan fingerprint density at radius 1 is 1.43 bits per heavy atom. The van der Waals surface area contributed by atoms with Crippen molar-refractivity contribution in [1.82, 2.24) is 24.5 Å². The first kappa shape index (κ1) is 15.6. The van der Waals surface area contributed by atoms with Gasteiger partial charge in [0.25, 0.3) is 5.56 Å². The van der Waals surface area contributed by atoms with Gasteiger partial charge in [-0.3, -0.25) is 9.59 Å².